The zero-order chi connectivity index (χ0) is 36.8. The second-order valence-electron chi connectivity index (χ2n) is 14.7. The normalized spacial score (nSPS) is 21.4. The summed E-state index contributed by atoms with van der Waals surface area (Å²) in [5, 5.41) is 13.4. The number of carbonyl (C=O) groups excluding carboxylic acids is 3. The number of anilines is 2. The molecule has 8 rings (SSSR count). The third-order valence-electron chi connectivity index (χ3n) is 11.5. The number of hydrogen-bond acceptors (Lipinski definition) is 10. The monoisotopic (exact) mass is 739 g/mol. The predicted molar refractivity (Wildman–Crippen MR) is 204 cm³/mol. The number of carbonyl (C=O) groups is 3. The van der Waals surface area contributed by atoms with Crippen molar-refractivity contribution in [3.05, 3.63) is 63.6 Å². The fraction of sp³-hybridized carbons (Fsp3) is 0.474. The van der Waals surface area contributed by atoms with E-state index in [-0.39, 0.29) is 23.9 Å². The highest BCUT2D eigenvalue weighted by Crippen LogP contribution is 2.37. The molecule has 1 unspecified atom stereocenters. The maximum Gasteiger partial charge on any atom is 0.329 e. The lowest BCUT2D eigenvalue weighted by Crippen LogP contribution is -2.45. The first-order valence-electron chi connectivity index (χ1n) is 18.4. The Hall–Kier alpha value is -5.02. The quantitative estimate of drug-likeness (QED) is 0.205. The number of para-hydroxylation sites is 1. The number of fused-ring (bicyclic) bond motifs is 2. The van der Waals surface area contributed by atoms with E-state index in [1.165, 1.54) is 11.3 Å². The molecule has 2 saturated heterocycles. The zero-order valence-electron chi connectivity index (χ0n) is 30.3. The van der Waals surface area contributed by atoms with Gasteiger partial charge in [-0.3, -0.25) is 33.5 Å². The standard InChI is InChI=1S/C38H45N9O5S/c1-43(25-13-16-45(17-14-25)29-5-4-6-30-34(29)44(2)38(51)47(30)31-11-12-33(48)41-35(31)49)21-23-7-9-26(10-8-23)46-22-24-19-28(32(52-3)20-27(24)42-46)40-36(50)37-39-15-18-53-37/h4-6,15,18-20,22-23,25-26,31H,7-14,16-17,21H2,1-3H3,(H,40,50)(H,41,48,49)/t23-,26-,31?. The Morgan fingerprint density at radius 2 is 1.87 bits per heavy atom. The summed E-state index contributed by atoms with van der Waals surface area (Å²) in [6, 6.07) is 9.85. The summed E-state index contributed by atoms with van der Waals surface area (Å²) < 4.78 is 10.9. The van der Waals surface area contributed by atoms with Crippen molar-refractivity contribution in [2.24, 2.45) is 13.0 Å². The van der Waals surface area contributed by atoms with Gasteiger partial charge in [-0.05, 0) is 76.1 Å². The van der Waals surface area contributed by atoms with E-state index in [1.807, 2.05) is 24.3 Å². The van der Waals surface area contributed by atoms with Crippen molar-refractivity contribution in [1.82, 2.24) is 34.1 Å². The van der Waals surface area contributed by atoms with Crippen LogP contribution in [0.3, 0.4) is 0 Å². The first-order chi connectivity index (χ1) is 25.7. The van der Waals surface area contributed by atoms with Gasteiger partial charge in [-0.25, -0.2) is 9.78 Å². The molecule has 1 saturated carbocycles. The minimum Gasteiger partial charge on any atom is -0.494 e. The third-order valence-corrected chi connectivity index (χ3v) is 12.3. The topological polar surface area (TPSA) is 149 Å². The molecule has 2 aromatic carbocycles. The van der Waals surface area contributed by atoms with E-state index in [4.69, 9.17) is 9.84 Å². The van der Waals surface area contributed by atoms with Crippen molar-refractivity contribution in [3.63, 3.8) is 0 Å². The molecule has 53 heavy (non-hydrogen) atoms. The maximum atomic E-state index is 13.4. The second kappa shape index (κ2) is 14.4. The fourth-order valence-electron chi connectivity index (χ4n) is 8.64. The summed E-state index contributed by atoms with van der Waals surface area (Å²) in [5.41, 5.74) is 3.76. The molecule has 2 aliphatic heterocycles. The molecule has 15 heteroatoms. The lowest BCUT2D eigenvalue weighted by atomic mass is 9.85. The average molecular weight is 740 g/mol. The van der Waals surface area contributed by atoms with E-state index in [9.17, 15) is 19.2 Å². The minimum atomic E-state index is -0.694. The molecule has 1 aliphatic carbocycles. The lowest BCUT2D eigenvalue weighted by Gasteiger charge is -2.40. The molecule has 2 N–H and O–H groups in total. The van der Waals surface area contributed by atoms with Gasteiger partial charge in [-0.15, -0.1) is 11.3 Å². The molecule has 3 fully saturated rings. The fourth-order valence-corrected chi connectivity index (χ4v) is 9.17. The average Bonchev–Trinajstić information content (AvgIpc) is 3.91. The number of nitrogens with one attached hydrogen (secondary N) is 2. The number of benzene rings is 2. The molecule has 3 aromatic heterocycles. The highest BCUT2D eigenvalue weighted by molar-refractivity contribution is 7.11. The number of imide groups is 1. The van der Waals surface area contributed by atoms with Crippen LogP contribution in [0.2, 0.25) is 0 Å². The summed E-state index contributed by atoms with van der Waals surface area (Å²) in [6.07, 6.45) is 10.7. The molecule has 14 nitrogen and oxygen atoms in total. The lowest BCUT2D eigenvalue weighted by molar-refractivity contribution is -0.135. The van der Waals surface area contributed by atoms with Gasteiger partial charge in [0.15, 0.2) is 5.01 Å². The largest absolute Gasteiger partial charge is 0.494 e. The smallest absolute Gasteiger partial charge is 0.329 e. The summed E-state index contributed by atoms with van der Waals surface area (Å²) in [4.78, 5) is 59.6. The molecular weight excluding hydrogens is 695 g/mol. The van der Waals surface area contributed by atoms with E-state index < -0.39 is 11.9 Å². The van der Waals surface area contributed by atoms with Gasteiger partial charge in [0, 0.05) is 68.4 Å². The van der Waals surface area contributed by atoms with Crippen LogP contribution < -0.4 is 26.0 Å². The number of imidazole rings is 1. The Morgan fingerprint density at radius 3 is 2.58 bits per heavy atom. The number of thiazole rings is 1. The number of methoxy groups -OCH3 is 1. The van der Waals surface area contributed by atoms with Gasteiger partial charge < -0.3 is 19.9 Å². The van der Waals surface area contributed by atoms with Crippen molar-refractivity contribution in [1.29, 1.82) is 0 Å². The number of amides is 3. The molecule has 0 bridgehead atoms. The van der Waals surface area contributed by atoms with Gasteiger partial charge in [0.25, 0.3) is 5.91 Å². The van der Waals surface area contributed by atoms with Gasteiger partial charge in [-0.1, -0.05) is 6.07 Å². The van der Waals surface area contributed by atoms with Crippen LogP contribution in [0.25, 0.3) is 21.9 Å². The summed E-state index contributed by atoms with van der Waals surface area (Å²) in [5.74, 6) is 0.223. The van der Waals surface area contributed by atoms with Crippen molar-refractivity contribution in [2.75, 3.05) is 44.0 Å². The van der Waals surface area contributed by atoms with Gasteiger partial charge in [-0.2, -0.15) is 5.10 Å². The Balaban J connectivity index is 0.869. The summed E-state index contributed by atoms with van der Waals surface area (Å²) >= 11 is 1.29. The maximum absolute atomic E-state index is 13.4. The Kier molecular flexibility index (Phi) is 9.53. The first kappa shape index (κ1) is 35.0. The van der Waals surface area contributed by atoms with Crippen molar-refractivity contribution in [3.8, 4) is 5.75 Å². The number of nitrogens with zero attached hydrogens (tertiary/aromatic N) is 7. The molecule has 3 aliphatic rings. The Labute approximate surface area is 310 Å². The number of hydrogen-bond donors (Lipinski definition) is 2. The first-order valence-corrected chi connectivity index (χ1v) is 19.3. The van der Waals surface area contributed by atoms with Crippen LogP contribution in [0.5, 0.6) is 5.75 Å². The van der Waals surface area contributed by atoms with Crippen LogP contribution >= 0.6 is 11.3 Å². The van der Waals surface area contributed by atoms with E-state index in [0.717, 1.165) is 85.8 Å². The number of ether oxygens (including phenoxy) is 1. The van der Waals surface area contributed by atoms with Gasteiger partial charge in [0.05, 0.1) is 41.1 Å². The molecular formula is C38H45N9O5S. The molecule has 5 heterocycles. The molecule has 1 atom stereocenters. The molecule has 0 spiro atoms. The summed E-state index contributed by atoms with van der Waals surface area (Å²) in [6.45, 7) is 2.83. The molecule has 3 amide bonds. The van der Waals surface area contributed by atoms with Crippen LogP contribution in [0.15, 0.2) is 52.9 Å². The van der Waals surface area contributed by atoms with E-state index in [0.29, 0.717) is 40.9 Å². The number of piperidine rings is 2. The molecule has 5 aromatic rings. The second-order valence-corrected chi connectivity index (χ2v) is 15.6. The zero-order valence-corrected chi connectivity index (χ0v) is 31.1. The van der Waals surface area contributed by atoms with Gasteiger partial charge >= 0.3 is 5.69 Å². The Bertz CT molecular complexity index is 2230. The van der Waals surface area contributed by atoms with Gasteiger partial charge in [0.1, 0.15) is 11.8 Å². The Morgan fingerprint density at radius 1 is 1.08 bits per heavy atom. The van der Waals surface area contributed by atoms with Crippen LogP contribution in [-0.2, 0) is 16.6 Å². The summed E-state index contributed by atoms with van der Waals surface area (Å²) in [7, 11) is 5.62. The number of aromatic nitrogens is 5. The van der Waals surface area contributed by atoms with E-state index in [1.54, 1.807) is 34.9 Å². The highest BCUT2D eigenvalue weighted by Gasteiger charge is 2.33. The number of rotatable bonds is 9. The third kappa shape index (κ3) is 6.71. The van der Waals surface area contributed by atoms with Crippen LogP contribution in [0, 0.1) is 5.92 Å². The van der Waals surface area contributed by atoms with Crippen LogP contribution in [0.4, 0.5) is 11.4 Å². The SMILES string of the molecule is COc1cc2nn([C@H]3CC[C@H](CN(C)C4CCN(c5cccc6c5n(C)c(=O)n6C5CCC(=O)NC5=O)CC4)CC3)cc2cc1NC(=O)c1nccs1. The van der Waals surface area contributed by atoms with Crippen molar-refractivity contribution < 1.29 is 19.1 Å². The van der Waals surface area contributed by atoms with E-state index >= 15 is 0 Å². The number of aryl methyl sites for hydroxylation is 1. The van der Waals surface area contributed by atoms with Crippen LogP contribution in [0.1, 0.15) is 73.3 Å². The molecule has 278 valence electrons. The highest BCUT2D eigenvalue weighted by atomic mass is 32.1. The minimum absolute atomic E-state index is 0.221. The predicted octanol–water partition coefficient (Wildman–Crippen LogP) is 4.72. The van der Waals surface area contributed by atoms with Crippen molar-refractivity contribution in [2.45, 2.75) is 69.5 Å². The van der Waals surface area contributed by atoms with E-state index in [2.05, 4.69) is 49.4 Å². The van der Waals surface area contributed by atoms with Crippen LogP contribution in [-0.4, -0.2) is 86.4 Å². The molecule has 0 radical (unpaired) electrons. The van der Waals surface area contributed by atoms with Crippen molar-refractivity contribution >= 4 is 62.4 Å². The van der Waals surface area contributed by atoms with Gasteiger partial charge in [0.2, 0.25) is 11.8 Å².